The van der Waals surface area contributed by atoms with Gasteiger partial charge in [0.05, 0.1) is 17.1 Å². The standard InChI is InChI=1S/C12H16N2O3S/c1-8-2-3-10(11(13)6-8)12(15)14-9-4-5-18(16,17)7-9/h2-3,6,9H,4-5,7,13H2,1H3,(H,14,15). The number of anilines is 1. The largest absolute Gasteiger partial charge is 0.398 e. The van der Waals surface area contributed by atoms with Crippen molar-refractivity contribution in [1.82, 2.24) is 5.32 Å². The highest BCUT2D eigenvalue weighted by Gasteiger charge is 2.29. The summed E-state index contributed by atoms with van der Waals surface area (Å²) < 4.78 is 22.6. The summed E-state index contributed by atoms with van der Waals surface area (Å²) in [5.41, 5.74) is 7.55. The molecule has 1 unspecified atom stereocenters. The molecule has 0 aliphatic carbocycles. The number of nitrogens with one attached hydrogen (secondary N) is 1. The van der Waals surface area contributed by atoms with Crippen molar-refractivity contribution in [2.75, 3.05) is 17.2 Å². The second-order valence-electron chi connectivity index (χ2n) is 4.66. The van der Waals surface area contributed by atoms with Crippen molar-refractivity contribution < 1.29 is 13.2 Å². The van der Waals surface area contributed by atoms with Crippen molar-refractivity contribution in [3.8, 4) is 0 Å². The molecule has 1 fully saturated rings. The number of rotatable bonds is 2. The SMILES string of the molecule is Cc1ccc(C(=O)NC2CCS(=O)(=O)C2)c(N)c1. The molecule has 0 radical (unpaired) electrons. The first kappa shape index (κ1) is 12.9. The van der Waals surface area contributed by atoms with Crippen molar-refractivity contribution in [2.24, 2.45) is 0 Å². The van der Waals surface area contributed by atoms with Crippen molar-refractivity contribution in [3.63, 3.8) is 0 Å². The number of nitrogens with two attached hydrogens (primary N) is 1. The highest BCUT2D eigenvalue weighted by atomic mass is 32.2. The van der Waals surface area contributed by atoms with Gasteiger partial charge < -0.3 is 11.1 Å². The number of carbonyl (C=O) groups is 1. The molecule has 5 nitrogen and oxygen atoms in total. The van der Waals surface area contributed by atoms with E-state index in [2.05, 4.69) is 5.32 Å². The first-order valence-corrected chi connectivity index (χ1v) is 7.57. The van der Waals surface area contributed by atoms with E-state index in [1.54, 1.807) is 18.2 Å². The van der Waals surface area contributed by atoms with E-state index in [4.69, 9.17) is 5.73 Å². The Balaban J connectivity index is 2.09. The van der Waals surface area contributed by atoms with Crippen LogP contribution in [-0.4, -0.2) is 31.9 Å². The number of carbonyl (C=O) groups excluding carboxylic acids is 1. The minimum atomic E-state index is -2.99. The molecule has 1 aliphatic rings. The minimum absolute atomic E-state index is 0.0184. The Labute approximate surface area is 106 Å². The summed E-state index contributed by atoms with van der Waals surface area (Å²) in [6.45, 7) is 1.89. The fraction of sp³-hybridized carbons (Fsp3) is 0.417. The van der Waals surface area contributed by atoms with Crippen molar-refractivity contribution in [2.45, 2.75) is 19.4 Å². The van der Waals surface area contributed by atoms with Crippen molar-refractivity contribution in [3.05, 3.63) is 29.3 Å². The lowest BCUT2D eigenvalue weighted by molar-refractivity contribution is 0.0942. The molecule has 1 aromatic rings. The Morgan fingerprint density at radius 2 is 2.17 bits per heavy atom. The Morgan fingerprint density at radius 1 is 1.44 bits per heavy atom. The summed E-state index contributed by atoms with van der Waals surface area (Å²) >= 11 is 0. The molecule has 1 amide bonds. The Hall–Kier alpha value is -1.56. The van der Waals surface area contributed by atoms with Crippen LogP contribution in [-0.2, 0) is 9.84 Å². The molecule has 1 aromatic carbocycles. The van der Waals surface area contributed by atoms with Gasteiger partial charge in [-0.05, 0) is 31.0 Å². The van der Waals surface area contributed by atoms with Gasteiger partial charge in [-0.15, -0.1) is 0 Å². The van der Waals surface area contributed by atoms with E-state index in [1.807, 2.05) is 6.92 Å². The van der Waals surface area contributed by atoms with E-state index < -0.39 is 9.84 Å². The van der Waals surface area contributed by atoms with Crippen LogP contribution in [0.1, 0.15) is 22.3 Å². The molecular weight excluding hydrogens is 252 g/mol. The average Bonchev–Trinajstić information content (AvgIpc) is 2.57. The van der Waals surface area contributed by atoms with Gasteiger partial charge in [-0.1, -0.05) is 6.07 Å². The summed E-state index contributed by atoms with van der Waals surface area (Å²) in [5, 5.41) is 2.71. The monoisotopic (exact) mass is 268 g/mol. The smallest absolute Gasteiger partial charge is 0.253 e. The van der Waals surface area contributed by atoms with Crippen LogP contribution < -0.4 is 11.1 Å². The zero-order chi connectivity index (χ0) is 13.3. The first-order chi connectivity index (χ1) is 8.37. The molecule has 0 bridgehead atoms. The molecule has 1 aliphatic heterocycles. The molecule has 1 heterocycles. The maximum Gasteiger partial charge on any atom is 0.253 e. The number of benzene rings is 1. The number of aryl methyl sites for hydroxylation is 1. The lowest BCUT2D eigenvalue weighted by Crippen LogP contribution is -2.35. The zero-order valence-corrected chi connectivity index (χ0v) is 11.0. The number of amides is 1. The van der Waals surface area contributed by atoms with Crippen molar-refractivity contribution >= 4 is 21.4 Å². The van der Waals surface area contributed by atoms with Gasteiger partial charge in [0, 0.05) is 11.7 Å². The lowest BCUT2D eigenvalue weighted by atomic mass is 10.1. The highest BCUT2D eigenvalue weighted by Crippen LogP contribution is 2.16. The van der Waals surface area contributed by atoms with Crippen LogP contribution in [0.3, 0.4) is 0 Å². The van der Waals surface area contributed by atoms with Crippen LogP contribution in [0.4, 0.5) is 5.69 Å². The average molecular weight is 268 g/mol. The van der Waals surface area contributed by atoms with Gasteiger partial charge in [0.1, 0.15) is 0 Å². The molecule has 1 atom stereocenters. The second kappa shape index (κ2) is 4.61. The lowest BCUT2D eigenvalue weighted by Gasteiger charge is -2.12. The van der Waals surface area contributed by atoms with Gasteiger partial charge in [0.15, 0.2) is 9.84 Å². The number of hydrogen-bond donors (Lipinski definition) is 2. The second-order valence-corrected chi connectivity index (χ2v) is 6.89. The molecule has 1 saturated heterocycles. The quantitative estimate of drug-likeness (QED) is 0.764. The summed E-state index contributed by atoms with van der Waals surface area (Å²) in [7, 11) is -2.99. The zero-order valence-electron chi connectivity index (χ0n) is 10.1. The molecule has 2 rings (SSSR count). The number of hydrogen-bond acceptors (Lipinski definition) is 4. The fourth-order valence-corrected chi connectivity index (χ4v) is 3.73. The molecular formula is C12H16N2O3S. The Bertz CT molecular complexity index is 581. The number of nitrogen functional groups attached to an aromatic ring is 1. The highest BCUT2D eigenvalue weighted by molar-refractivity contribution is 7.91. The third-order valence-corrected chi connectivity index (χ3v) is 4.79. The van der Waals surface area contributed by atoms with Crippen LogP contribution >= 0.6 is 0 Å². The third kappa shape index (κ3) is 2.81. The van der Waals surface area contributed by atoms with E-state index in [0.717, 1.165) is 5.56 Å². The summed E-state index contributed by atoms with van der Waals surface area (Å²) in [5.74, 6) is -0.152. The van der Waals surface area contributed by atoms with E-state index in [1.165, 1.54) is 0 Å². The van der Waals surface area contributed by atoms with Gasteiger partial charge in [-0.3, -0.25) is 4.79 Å². The van der Waals surface area contributed by atoms with Gasteiger partial charge in [0.2, 0.25) is 0 Å². The molecule has 18 heavy (non-hydrogen) atoms. The molecule has 3 N–H and O–H groups in total. The summed E-state index contributed by atoms with van der Waals surface area (Å²) in [6.07, 6.45) is 0.472. The molecule has 0 spiro atoms. The van der Waals surface area contributed by atoms with Gasteiger partial charge >= 0.3 is 0 Å². The van der Waals surface area contributed by atoms with Gasteiger partial charge in [0.25, 0.3) is 5.91 Å². The van der Waals surface area contributed by atoms with Crippen molar-refractivity contribution in [1.29, 1.82) is 0 Å². The molecule has 0 saturated carbocycles. The van der Waals surface area contributed by atoms with Crippen LogP contribution in [0.5, 0.6) is 0 Å². The Morgan fingerprint density at radius 3 is 2.72 bits per heavy atom. The number of sulfone groups is 1. The maximum atomic E-state index is 12.0. The molecule has 6 heteroatoms. The molecule has 0 aromatic heterocycles. The first-order valence-electron chi connectivity index (χ1n) is 5.75. The topological polar surface area (TPSA) is 89.3 Å². The van der Waals surface area contributed by atoms with E-state index in [-0.39, 0.29) is 23.5 Å². The van der Waals surface area contributed by atoms with Crippen LogP contribution in [0.25, 0.3) is 0 Å². The van der Waals surface area contributed by atoms with E-state index >= 15 is 0 Å². The third-order valence-electron chi connectivity index (χ3n) is 3.02. The van der Waals surface area contributed by atoms with Gasteiger partial charge in [-0.25, -0.2) is 8.42 Å². The van der Waals surface area contributed by atoms with E-state index in [0.29, 0.717) is 17.7 Å². The van der Waals surface area contributed by atoms with Crippen LogP contribution in [0, 0.1) is 6.92 Å². The molecule has 98 valence electrons. The summed E-state index contributed by atoms with van der Waals surface area (Å²) in [6, 6.07) is 4.88. The normalized spacial score (nSPS) is 21.7. The van der Waals surface area contributed by atoms with Crippen LogP contribution in [0.15, 0.2) is 18.2 Å². The summed E-state index contributed by atoms with van der Waals surface area (Å²) in [4.78, 5) is 12.0. The predicted octanol–water partition coefficient (Wildman–Crippen LogP) is 0.494. The predicted molar refractivity (Wildman–Crippen MR) is 70.1 cm³/mol. The maximum absolute atomic E-state index is 12.0. The minimum Gasteiger partial charge on any atom is -0.398 e. The van der Waals surface area contributed by atoms with Crippen LogP contribution in [0.2, 0.25) is 0 Å². The fourth-order valence-electron chi connectivity index (χ4n) is 2.06. The van der Waals surface area contributed by atoms with E-state index in [9.17, 15) is 13.2 Å². The Kier molecular flexibility index (Phi) is 3.30. The van der Waals surface area contributed by atoms with Gasteiger partial charge in [-0.2, -0.15) is 0 Å².